The lowest BCUT2D eigenvalue weighted by molar-refractivity contribution is 0.0993. The van der Waals surface area contributed by atoms with Gasteiger partial charge in [0.2, 0.25) is 0 Å². The summed E-state index contributed by atoms with van der Waals surface area (Å²) in [6.45, 7) is 1.78. The van der Waals surface area contributed by atoms with Crippen molar-refractivity contribution in [2.24, 2.45) is 0 Å². The third-order valence-electron chi connectivity index (χ3n) is 3.94. The highest BCUT2D eigenvalue weighted by atomic mass is 32.2. The Morgan fingerprint density at radius 2 is 1.74 bits per heavy atom. The van der Waals surface area contributed by atoms with Gasteiger partial charge in [0, 0.05) is 11.3 Å². The first-order valence-electron chi connectivity index (χ1n) is 8.38. The van der Waals surface area contributed by atoms with Crippen LogP contribution in [0.3, 0.4) is 0 Å². The Balaban J connectivity index is 1.67. The molecule has 0 saturated heterocycles. The second-order valence-electron chi connectivity index (χ2n) is 5.76. The van der Waals surface area contributed by atoms with E-state index in [1.807, 2.05) is 30.3 Å². The van der Waals surface area contributed by atoms with Crippen molar-refractivity contribution in [2.75, 3.05) is 11.1 Å². The van der Waals surface area contributed by atoms with Crippen molar-refractivity contribution in [3.05, 3.63) is 78.3 Å². The third kappa shape index (κ3) is 4.57. The predicted octanol–water partition coefficient (Wildman–Crippen LogP) is 3.90. The van der Waals surface area contributed by atoms with Crippen molar-refractivity contribution in [3.63, 3.8) is 0 Å². The molecular weight excluding hydrogens is 366 g/mol. The number of benzene rings is 2. The minimum Gasteiger partial charge on any atom is -0.489 e. The standard InChI is InChI=1S/C20H19NO5S/c1-2-27(23,24)18-10-8-16(9-11-18)21-20(22)19-15(12-13-25-19)14-26-17-6-4-3-5-7-17/h3-13H,2,14H2,1H3,(H,21,22). The first-order valence-corrected chi connectivity index (χ1v) is 10.0. The number of hydrogen-bond donors (Lipinski definition) is 1. The van der Waals surface area contributed by atoms with Crippen LogP contribution in [0.2, 0.25) is 0 Å². The van der Waals surface area contributed by atoms with Gasteiger partial charge in [-0.05, 0) is 42.5 Å². The number of hydrogen-bond acceptors (Lipinski definition) is 5. The summed E-state index contributed by atoms with van der Waals surface area (Å²) < 4.78 is 34.6. The van der Waals surface area contributed by atoms with Gasteiger partial charge in [0.15, 0.2) is 15.6 Å². The Morgan fingerprint density at radius 1 is 1.04 bits per heavy atom. The molecule has 0 aliphatic rings. The van der Waals surface area contributed by atoms with Gasteiger partial charge in [0.05, 0.1) is 16.9 Å². The molecule has 7 heteroatoms. The van der Waals surface area contributed by atoms with Gasteiger partial charge in [-0.25, -0.2) is 8.42 Å². The second-order valence-corrected chi connectivity index (χ2v) is 8.04. The SMILES string of the molecule is CCS(=O)(=O)c1ccc(NC(=O)c2occc2COc2ccccc2)cc1. The molecule has 3 rings (SSSR count). The van der Waals surface area contributed by atoms with Crippen LogP contribution in [0.15, 0.2) is 76.2 Å². The number of carbonyl (C=O) groups is 1. The number of rotatable bonds is 7. The average molecular weight is 385 g/mol. The molecule has 0 fully saturated rings. The van der Waals surface area contributed by atoms with Gasteiger partial charge in [0.25, 0.3) is 5.91 Å². The van der Waals surface area contributed by atoms with Crippen LogP contribution >= 0.6 is 0 Å². The van der Waals surface area contributed by atoms with Crippen LogP contribution in [-0.2, 0) is 16.4 Å². The van der Waals surface area contributed by atoms with Crippen LogP contribution in [0.1, 0.15) is 23.0 Å². The second kappa shape index (κ2) is 8.09. The van der Waals surface area contributed by atoms with E-state index in [0.29, 0.717) is 17.0 Å². The van der Waals surface area contributed by atoms with Crippen LogP contribution in [0.4, 0.5) is 5.69 Å². The van der Waals surface area contributed by atoms with Crippen LogP contribution in [0.5, 0.6) is 5.75 Å². The van der Waals surface area contributed by atoms with Crippen molar-refractivity contribution >= 4 is 21.4 Å². The molecule has 0 atom stereocenters. The molecule has 3 aromatic rings. The number of para-hydroxylation sites is 1. The summed E-state index contributed by atoms with van der Waals surface area (Å²) in [7, 11) is -3.27. The van der Waals surface area contributed by atoms with E-state index in [9.17, 15) is 13.2 Å². The Bertz CT molecular complexity index is 1010. The molecule has 0 aliphatic carbocycles. The fourth-order valence-corrected chi connectivity index (χ4v) is 3.31. The van der Waals surface area contributed by atoms with Gasteiger partial charge in [-0.1, -0.05) is 25.1 Å². The van der Waals surface area contributed by atoms with Gasteiger partial charge < -0.3 is 14.5 Å². The summed E-state index contributed by atoms with van der Waals surface area (Å²) in [5, 5.41) is 2.70. The first-order chi connectivity index (χ1) is 13.0. The highest BCUT2D eigenvalue weighted by Crippen LogP contribution is 2.19. The van der Waals surface area contributed by atoms with Crippen molar-refractivity contribution in [1.82, 2.24) is 0 Å². The minimum atomic E-state index is -3.27. The maximum Gasteiger partial charge on any atom is 0.291 e. The molecule has 2 aromatic carbocycles. The third-order valence-corrected chi connectivity index (χ3v) is 5.69. The molecule has 1 amide bonds. The zero-order valence-corrected chi connectivity index (χ0v) is 15.5. The monoisotopic (exact) mass is 385 g/mol. The van der Waals surface area contributed by atoms with Crippen LogP contribution < -0.4 is 10.1 Å². The number of sulfone groups is 1. The number of carbonyl (C=O) groups excluding carboxylic acids is 1. The maximum absolute atomic E-state index is 12.5. The maximum atomic E-state index is 12.5. The molecule has 0 radical (unpaired) electrons. The van der Waals surface area contributed by atoms with Crippen molar-refractivity contribution < 1.29 is 22.4 Å². The number of ether oxygens (including phenoxy) is 1. The lowest BCUT2D eigenvalue weighted by atomic mass is 10.2. The molecule has 0 saturated carbocycles. The predicted molar refractivity (Wildman–Crippen MR) is 102 cm³/mol. The number of anilines is 1. The van der Waals surface area contributed by atoms with E-state index < -0.39 is 15.7 Å². The topological polar surface area (TPSA) is 85.6 Å². The fraction of sp³-hybridized carbons (Fsp3) is 0.150. The van der Waals surface area contributed by atoms with Gasteiger partial charge in [-0.15, -0.1) is 0 Å². The molecule has 27 heavy (non-hydrogen) atoms. The fourth-order valence-electron chi connectivity index (χ4n) is 2.43. The zero-order chi connectivity index (χ0) is 19.3. The summed E-state index contributed by atoms with van der Waals surface area (Å²) in [5.41, 5.74) is 1.09. The van der Waals surface area contributed by atoms with Gasteiger partial charge in [-0.3, -0.25) is 4.79 Å². The molecule has 0 spiro atoms. The van der Waals surface area contributed by atoms with E-state index in [1.54, 1.807) is 25.1 Å². The van der Waals surface area contributed by atoms with Gasteiger partial charge in [-0.2, -0.15) is 0 Å². The highest BCUT2D eigenvalue weighted by Gasteiger charge is 2.17. The number of nitrogens with one attached hydrogen (secondary N) is 1. The van der Waals surface area contributed by atoms with Gasteiger partial charge in [0.1, 0.15) is 12.4 Å². The normalized spacial score (nSPS) is 11.1. The molecule has 0 unspecified atom stereocenters. The Kier molecular flexibility index (Phi) is 5.61. The number of furan rings is 1. The van der Waals surface area contributed by atoms with Crippen LogP contribution in [0, 0.1) is 0 Å². The molecule has 0 bridgehead atoms. The zero-order valence-electron chi connectivity index (χ0n) is 14.7. The lowest BCUT2D eigenvalue weighted by Crippen LogP contribution is -2.14. The molecule has 6 nitrogen and oxygen atoms in total. The van der Waals surface area contributed by atoms with Gasteiger partial charge >= 0.3 is 0 Å². The highest BCUT2D eigenvalue weighted by molar-refractivity contribution is 7.91. The van der Waals surface area contributed by atoms with E-state index in [4.69, 9.17) is 9.15 Å². The largest absolute Gasteiger partial charge is 0.489 e. The van der Waals surface area contributed by atoms with Crippen molar-refractivity contribution in [2.45, 2.75) is 18.4 Å². The molecule has 0 aliphatic heterocycles. The summed E-state index contributed by atoms with van der Waals surface area (Å²) in [4.78, 5) is 12.7. The van der Waals surface area contributed by atoms with Crippen molar-refractivity contribution in [3.8, 4) is 5.75 Å². The average Bonchev–Trinajstić information content (AvgIpc) is 3.16. The Labute approximate surface area is 157 Å². The Morgan fingerprint density at radius 3 is 2.41 bits per heavy atom. The quantitative estimate of drug-likeness (QED) is 0.667. The smallest absolute Gasteiger partial charge is 0.291 e. The van der Waals surface area contributed by atoms with E-state index in [1.165, 1.54) is 18.4 Å². The molecule has 1 heterocycles. The summed E-state index contributed by atoms with van der Waals surface area (Å²) >= 11 is 0. The molecule has 140 valence electrons. The molecule has 1 N–H and O–H groups in total. The molecule has 1 aromatic heterocycles. The van der Waals surface area contributed by atoms with E-state index in [2.05, 4.69) is 5.32 Å². The van der Waals surface area contributed by atoms with Crippen LogP contribution in [-0.4, -0.2) is 20.1 Å². The summed E-state index contributed by atoms with van der Waals surface area (Å²) in [6, 6.07) is 17.0. The van der Waals surface area contributed by atoms with E-state index in [0.717, 1.165) is 0 Å². The lowest BCUT2D eigenvalue weighted by Gasteiger charge is -2.08. The van der Waals surface area contributed by atoms with Crippen LogP contribution in [0.25, 0.3) is 0 Å². The summed E-state index contributed by atoms with van der Waals surface area (Å²) in [6.07, 6.45) is 1.43. The van der Waals surface area contributed by atoms with E-state index in [-0.39, 0.29) is 23.0 Å². The summed E-state index contributed by atoms with van der Waals surface area (Å²) in [5.74, 6) is 0.433. The minimum absolute atomic E-state index is 0.0237. The van der Waals surface area contributed by atoms with E-state index >= 15 is 0 Å². The molecular formula is C20H19NO5S. The van der Waals surface area contributed by atoms with Crippen molar-refractivity contribution in [1.29, 1.82) is 0 Å². The number of amides is 1. The Hall–Kier alpha value is -3.06. The first kappa shape index (κ1) is 18.7.